The van der Waals surface area contributed by atoms with E-state index in [0.717, 1.165) is 183 Å². The predicted octanol–water partition coefficient (Wildman–Crippen LogP) is 22.7. The molecular formula is C107H98ClF3N24O2. The third-order valence-corrected chi connectivity index (χ3v) is 23.2. The van der Waals surface area contributed by atoms with Gasteiger partial charge in [-0.15, -0.1) is 0 Å². The Kier molecular flexibility index (Phi) is 27.0. The Labute approximate surface area is 793 Å². The highest BCUT2D eigenvalue weighted by Crippen LogP contribution is 2.39. The number of rotatable bonds is 17. The molecule has 0 bridgehead atoms. The molecule has 686 valence electrons. The Morgan fingerprint density at radius 1 is 0.416 bits per heavy atom. The molecule has 2 aliphatic heterocycles. The molecule has 26 nitrogen and oxygen atoms in total. The van der Waals surface area contributed by atoms with Crippen LogP contribution in [0.2, 0.25) is 5.02 Å². The van der Waals surface area contributed by atoms with Gasteiger partial charge >= 0.3 is 0 Å². The molecule has 15 heterocycles. The third-order valence-electron chi connectivity index (χ3n) is 23.0. The third kappa shape index (κ3) is 20.7. The molecule has 1 saturated heterocycles. The number of piperidine rings is 1. The van der Waals surface area contributed by atoms with E-state index in [1.807, 2.05) is 99.2 Å². The molecule has 0 amide bonds. The lowest BCUT2D eigenvalue weighted by Crippen LogP contribution is -2.33. The van der Waals surface area contributed by atoms with Crippen molar-refractivity contribution >= 4 is 101 Å². The van der Waals surface area contributed by atoms with Crippen LogP contribution in [-0.2, 0) is 6.42 Å². The summed E-state index contributed by atoms with van der Waals surface area (Å²) in [5.74, 6) is 4.57. The van der Waals surface area contributed by atoms with E-state index in [1.54, 1.807) is 132 Å². The largest absolute Gasteiger partial charge is 0.389 e. The number of aromatic nitrogens is 20. The minimum atomic E-state index is -0.869. The van der Waals surface area contributed by atoms with Gasteiger partial charge in [-0.25, -0.2) is 58.0 Å². The summed E-state index contributed by atoms with van der Waals surface area (Å²) in [5.41, 5.74) is 22.0. The highest BCUT2D eigenvalue weighted by molar-refractivity contribution is 6.30. The van der Waals surface area contributed by atoms with E-state index in [0.29, 0.717) is 42.3 Å². The fourth-order valence-corrected chi connectivity index (χ4v) is 16.5. The topological polar surface area (TPSA) is 301 Å². The van der Waals surface area contributed by atoms with Crippen LogP contribution in [0, 0.1) is 24.4 Å². The highest BCUT2D eigenvalue weighted by Gasteiger charge is 2.29. The fraction of sp³-hybridized carbons (Fsp3) is 0.159. The predicted molar refractivity (Wildman–Crippen MR) is 539 cm³/mol. The summed E-state index contributed by atoms with van der Waals surface area (Å²) in [5, 5.41) is 30.8. The SMILES string of the molecule is C.C.C=C1Cc2cc(-c3nc4ccncc4n3-c3ccc(F)cc3)ccc2N1.CC(C)(O)CNc1ncc(-c2nc3ccncc3n2-c2ccc(F)cc2)cn1.Cc1ccc(-n2c(-c3cnc(NCC(C)(C)O)nc3)nc3ccncc32)cc1.Clc1ccc(-n2c(C3CCN(c4ccccc4)CC3)nc3ccncc32)cc1.Fc1ccc(-n2c(-c3ccc4cc[nH]c4c3)nc3ccncc32)cc1. The zero-order valence-electron chi connectivity index (χ0n) is 74.1. The van der Waals surface area contributed by atoms with Crippen molar-refractivity contribution < 1.29 is 23.4 Å². The molecule has 137 heavy (non-hydrogen) atoms. The van der Waals surface area contributed by atoms with Crippen LogP contribution >= 0.6 is 11.6 Å². The van der Waals surface area contributed by atoms with Crippen LogP contribution in [0.4, 0.5) is 36.4 Å². The Morgan fingerprint density at radius 3 is 1.21 bits per heavy atom. The van der Waals surface area contributed by atoms with Gasteiger partial charge < -0.3 is 36.0 Å². The van der Waals surface area contributed by atoms with E-state index < -0.39 is 11.2 Å². The summed E-state index contributed by atoms with van der Waals surface area (Å²) in [6.07, 6.45) is 29.3. The number of aromatic amines is 1. The lowest BCUT2D eigenvalue weighted by Gasteiger charge is -2.33. The first-order valence-electron chi connectivity index (χ1n) is 43.9. The maximum atomic E-state index is 13.4. The molecule has 0 atom stereocenters. The number of aryl methyl sites for hydroxylation is 1. The van der Waals surface area contributed by atoms with Crippen molar-refractivity contribution in [2.24, 2.45) is 0 Å². The number of aliphatic hydroxyl groups is 2. The van der Waals surface area contributed by atoms with Gasteiger partial charge in [0.15, 0.2) is 0 Å². The molecule has 23 rings (SSSR count). The van der Waals surface area contributed by atoms with E-state index in [1.165, 1.54) is 53.2 Å². The average molecular weight is 1840 g/mol. The molecule has 1 fully saturated rings. The first-order chi connectivity index (χ1) is 65.6. The van der Waals surface area contributed by atoms with Crippen LogP contribution < -0.4 is 20.9 Å². The second kappa shape index (κ2) is 40.1. The molecule has 0 unspecified atom stereocenters. The second-order valence-electron chi connectivity index (χ2n) is 34.0. The standard InChI is InChI=1S/C23H21ClN4.C21H15FN4.C21H22N6O.C20H19FN6O.C20H13FN4.2CH4/c24-18-6-8-20(9-7-18)28-22-16-25-13-10-21(22)26-23(28)17-11-14-27(15-12-17)19-4-2-1-3-5-19;1-13-10-15-11-14(2-7-18(15)24-13)21-25-19-8-9-23-12-20(19)26(21)17-5-3-16(22)4-6-17;1-14-4-6-16(7-5-14)27-18-12-22-9-8-17(18)26-19(27)15-10-23-20(24-11-15)25-13-21(2,3)28;1-20(2,28)12-25-19-23-9-13(10-24-19)18-26-16-7-8-22-11-17(16)27(18)15-5-3-14(21)4-6-15;21-15-3-5-16(6-4-15)25-19-12-22-9-8-17(19)24-20(25)14-2-1-13-7-10-23-18(13)11-14;;/h1-10,13,16-17H,11-12,14-15H2;2-9,11-12,24H,1,10H2;4-12,28H,13H2,1-3H3,(H,23,24,25);3-11,28H,12H2,1-2H3,(H,23,24,25);1-12,23H;2*1H4. The number of hydrogen-bond acceptors (Lipinski definition) is 20. The molecule has 6 N–H and O–H groups in total. The number of anilines is 4. The number of halogens is 4. The maximum Gasteiger partial charge on any atom is 0.222 e. The summed E-state index contributed by atoms with van der Waals surface area (Å²) in [7, 11) is 0. The molecular weight excluding hydrogens is 1750 g/mol. The van der Waals surface area contributed by atoms with Gasteiger partial charge in [0.25, 0.3) is 0 Å². The van der Waals surface area contributed by atoms with Gasteiger partial charge in [-0.1, -0.05) is 81.1 Å². The van der Waals surface area contributed by atoms with Gasteiger partial charge in [0.2, 0.25) is 11.9 Å². The van der Waals surface area contributed by atoms with Crippen molar-refractivity contribution in [1.29, 1.82) is 0 Å². The van der Waals surface area contributed by atoms with Crippen molar-refractivity contribution in [3.05, 3.63) is 369 Å². The number of benzene rings is 8. The number of nitrogens with one attached hydrogen (secondary N) is 4. The van der Waals surface area contributed by atoms with E-state index in [9.17, 15) is 23.4 Å². The first-order valence-corrected chi connectivity index (χ1v) is 44.2. The minimum Gasteiger partial charge on any atom is -0.389 e. The van der Waals surface area contributed by atoms with Gasteiger partial charge in [-0.3, -0.25) is 47.8 Å². The lowest BCUT2D eigenvalue weighted by atomic mass is 9.95. The normalized spacial score (nSPS) is 12.5. The zero-order chi connectivity index (χ0) is 92.9. The van der Waals surface area contributed by atoms with Crippen LogP contribution in [0.3, 0.4) is 0 Å². The van der Waals surface area contributed by atoms with Crippen LogP contribution in [0.1, 0.15) is 78.3 Å². The number of fused-ring (bicyclic) bond motifs is 7. The number of nitrogens with zero attached hydrogens (tertiary/aromatic N) is 20. The van der Waals surface area contributed by atoms with Gasteiger partial charge in [-0.05, 0) is 240 Å². The summed E-state index contributed by atoms with van der Waals surface area (Å²) >= 11 is 6.11. The Balaban J connectivity index is 0.000000118. The number of allylic oxidation sites excluding steroid dienone is 1. The Morgan fingerprint density at radius 2 is 0.788 bits per heavy atom. The van der Waals surface area contributed by atoms with Crippen molar-refractivity contribution in [1.82, 2.24) is 97.6 Å². The Bertz CT molecular complexity index is 7600. The first kappa shape index (κ1) is 92.4. The zero-order valence-corrected chi connectivity index (χ0v) is 74.9. The Hall–Kier alpha value is -16.5. The molecule has 2 aliphatic rings. The van der Waals surface area contributed by atoms with Crippen molar-refractivity contribution in [3.8, 4) is 74.0 Å². The molecule has 0 spiro atoms. The molecule has 21 aromatic rings. The smallest absolute Gasteiger partial charge is 0.222 e. The van der Waals surface area contributed by atoms with Crippen molar-refractivity contribution in [2.45, 2.75) is 85.9 Å². The fourth-order valence-electron chi connectivity index (χ4n) is 16.4. The second-order valence-corrected chi connectivity index (χ2v) is 34.5. The molecule has 0 aliphatic carbocycles. The van der Waals surface area contributed by atoms with Crippen molar-refractivity contribution in [2.75, 3.05) is 47.0 Å². The number of H-pyrrole nitrogens is 1. The molecule has 0 radical (unpaired) electrons. The van der Waals surface area contributed by atoms with E-state index in [2.05, 4.69) is 189 Å². The lowest BCUT2D eigenvalue weighted by molar-refractivity contribution is 0.0937. The molecule has 30 heteroatoms. The summed E-state index contributed by atoms with van der Waals surface area (Å²) < 4.78 is 50.4. The quantitative estimate of drug-likeness (QED) is 0.0493. The number of para-hydroxylation sites is 1. The van der Waals surface area contributed by atoms with Gasteiger partial charge in [-0.2, -0.15) is 0 Å². The number of hydrogen-bond donors (Lipinski definition) is 6. The van der Waals surface area contributed by atoms with E-state index in [4.69, 9.17) is 31.5 Å². The molecule has 13 aromatic heterocycles. The highest BCUT2D eigenvalue weighted by atomic mass is 35.5. The average Bonchev–Trinajstić information content (AvgIpc) is 1.66. The molecule has 0 saturated carbocycles. The summed E-state index contributed by atoms with van der Waals surface area (Å²) in [6, 6.07) is 69.8. The monoisotopic (exact) mass is 1840 g/mol. The van der Waals surface area contributed by atoms with Gasteiger partial charge in [0.05, 0.1) is 108 Å². The minimum absolute atomic E-state index is 0. The molecule has 8 aromatic carbocycles. The number of pyridine rings is 5. The van der Waals surface area contributed by atoms with Crippen molar-refractivity contribution in [3.63, 3.8) is 0 Å². The summed E-state index contributed by atoms with van der Waals surface area (Å²) in [6.45, 7) is 15.7. The maximum absolute atomic E-state index is 13.4. The van der Waals surface area contributed by atoms with Crippen LogP contribution in [-0.4, -0.2) is 145 Å². The van der Waals surface area contributed by atoms with Crippen LogP contribution in [0.15, 0.2) is 330 Å². The number of imidazole rings is 5. The van der Waals surface area contributed by atoms with Crippen LogP contribution in [0.25, 0.3) is 140 Å². The van der Waals surface area contributed by atoms with Gasteiger partial charge in [0, 0.05) is 168 Å². The van der Waals surface area contributed by atoms with Gasteiger partial charge in [0.1, 0.15) is 46.6 Å². The van der Waals surface area contributed by atoms with E-state index >= 15 is 0 Å². The van der Waals surface area contributed by atoms with Crippen LogP contribution in [0.5, 0.6) is 0 Å². The summed E-state index contributed by atoms with van der Waals surface area (Å²) in [4.78, 5) is 68.4. The van der Waals surface area contributed by atoms with E-state index in [-0.39, 0.29) is 32.3 Å².